The van der Waals surface area contributed by atoms with Gasteiger partial charge in [-0.3, -0.25) is 9.59 Å². The van der Waals surface area contributed by atoms with E-state index in [1.165, 1.54) is 6.08 Å². The lowest BCUT2D eigenvalue weighted by Gasteiger charge is -2.31. The molecule has 4 aromatic rings. The number of benzene rings is 1. The number of nitrogens with zero attached hydrogens (tertiary/aromatic N) is 3. The first-order valence-corrected chi connectivity index (χ1v) is 11.2. The predicted molar refractivity (Wildman–Crippen MR) is 129 cm³/mol. The van der Waals surface area contributed by atoms with Crippen molar-refractivity contribution in [3.63, 3.8) is 0 Å². The van der Waals surface area contributed by atoms with Crippen molar-refractivity contribution in [2.75, 3.05) is 18.8 Å². The SMILES string of the molecule is C=CC(=O)N1CCC(Cn2cc(-c3oc4ccc(C)cc4c3C)c3c(N)n[nH]c(=O)c32)CC1. The molecule has 0 saturated carbocycles. The zero-order valence-electron chi connectivity index (χ0n) is 18.9. The number of aromatic nitrogens is 3. The second-order valence-electron chi connectivity index (χ2n) is 8.89. The fraction of sp³-hybridized carbons (Fsp3) is 0.320. The quantitative estimate of drug-likeness (QED) is 0.465. The summed E-state index contributed by atoms with van der Waals surface area (Å²) in [7, 11) is 0. The van der Waals surface area contributed by atoms with E-state index < -0.39 is 0 Å². The first-order valence-electron chi connectivity index (χ1n) is 11.2. The number of anilines is 1. The molecule has 0 aliphatic carbocycles. The number of hydrogen-bond acceptors (Lipinski definition) is 5. The van der Waals surface area contributed by atoms with E-state index in [0.29, 0.717) is 42.2 Å². The molecule has 4 heterocycles. The number of H-pyrrole nitrogens is 1. The number of fused-ring (bicyclic) bond motifs is 2. The number of likely N-dealkylation sites (tertiary alicyclic amines) is 1. The lowest BCUT2D eigenvalue weighted by atomic mass is 9.96. The van der Waals surface area contributed by atoms with Crippen LogP contribution in [0, 0.1) is 19.8 Å². The Morgan fingerprint density at radius 1 is 1.33 bits per heavy atom. The minimum Gasteiger partial charge on any atom is -0.456 e. The fourth-order valence-electron chi connectivity index (χ4n) is 4.93. The topological polar surface area (TPSA) is 110 Å². The van der Waals surface area contributed by atoms with Gasteiger partial charge in [-0.15, -0.1) is 0 Å². The largest absolute Gasteiger partial charge is 0.456 e. The molecule has 1 saturated heterocycles. The Labute approximate surface area is 190 Å². The Kier molecular flexibility index (Phi) is 5.08. The number of hydrogen-bond donors (Lipinski definition) is 2. The first-order chi connectivity index (χ1) is 15.9. The molecule has 1 amide bonds. The van der Waals surface area contributed by atoms with Crippen LogP contribution < -0.4 is 11.3 Å². The van der Waals surface area contributed by atoms with E-state index in [1.54, 1.807) is 0 Å². The molecule has 0 unspecified atom stereocenters. The maximum Gasteiger partial charge on any atom is 0.288 e. The summed E-state index contributed by atoms with van der Waals surface area (Å²) in [5.74, 6) is 1.26. The summed E-state index contributed by atoms with van der Waals surface area (Å²) in [4.78, 5) is 26.5. The minimum atomic E-state index is -0.283. The van der Waals surface area contributed by atoms with Gasteiger partial charge in [0, 0.05) is 42.3 Å². The number of nitrogens with two attached hydrogens (primary N) is 1. The molecule has 33 heavy (non-hydrogen) atoms. The molecule has 5 rings (SSSR count). The molecule has 3 aromatic heterocycles. The Balaban J connectivity index is 1.58. The first kappa shape index (κ1) is 21.1. The molecule has 1 aliphatic heterocycles. The van der Waals surface area contributed by atoms with Crippen LogP contribution in [0.5, 0.6) is 0 Å². The average molecular weight is 446 g/mol. The number of furan rings is 1. The van der Waals surface area contributed by atoms with Gasteiger partial charge < -0.3 is 19.6 Å². The summed E-state index contributed by atoms with van der Waals surface area (Å²) in [6, 6.07) is 6.08. The van der Waals surface area contributed by atoms with E-state index in [2.05, 4.69) is 22.8 Å². The molecule has 8 nitrogen and oxygen atoms in total. The van der Waals surface area contributed by atoms with E-state index in [1.807, 2.05) is 41.6 Å². The summed E-state index contributed by atoms with van der Waals surface area (Å²) < 4.78 is 8.20. The zero-order chi connectivity index (χ0) is 23.3. The minimum absolute atomic E-state index is 0.0342. The molecule has 8 heteroatoms. The highest BCUT2D eigenvalue weighted by Gasteiger charge is 2.26. The summed E-state index contributed by atoms with van der Waals surface area (Å²) in [6.07, 6.45) is 5.03. The number of carbonyl (C=O) groups is 1. The molecule has 0 spiro atoms. The van der Waals surface area contributed by atoms with Crippen LogP contribution in [0.3, 0.4) is 0 Å². The number of carbonyl (C=O) groups excluding carboxylic acids is 1. The van der Waals surface area contributed by atoms with Crippen LogP contribution in [-0.2, 0) is 11.3 Å². The maximum atomic E-state index is 12.8. The third-order valence-electron chi connectivity index (χ3n) is 6.72. The van der Waals surface area contributed by atoms with Crippen LogP contribution in [0.4, 0.5) is 5.82 Å². The second-order valence-corrected chi connectivity index (χ2v) is 8.89. The smallest absolute Gasteiger partial charge is 0.288 e. The van der Waals surface area contributed by atoms with E-state index in [4.69, 9.17) is 10.2 Å². The van der Waals surface area contributed by atoms with Gasteiger partial charge in [-0.1, -0.05) is 18.2 Å². The van der Waals surface area contributed by atoms with Gasteiger partial charge in [-0.25, -0.2) is 5.10 Å². The van der Waals surface area contributed by atoms with Gasteiger partial charge in [0.05, 0.1) is 5.39 Å². The van der Waals surface area contributed by atoms with Crippen LogP contribution in [0.1, 0.15) is 24.0 Å². The van der Waals surface area contributed by atoms with Gasteiger partial charge in [0.15, 0.2) is 5.82 Å². The Morgan fingerprint density at radius 3 is 2.82 bits per heavy atom. The molecular formula is C25H27N5O3. The number of nitrogen functional groups attached to an aromatic ring is 1. The number of nitrogens with one attached hydrogen (secondary N) is 1. The van der Waals surface area contributed by atoms with Gasteiger partial charge in [0.2, 0.25) is 5.91 Å². The number of piperidine rings is 1. The highest BCUT2D eigenvalue weighted by molar-refractivity contribution is 6.03. The summed E-state index contributed by atoms with van der Waals surface area (Å²) >= 11 is 0. The average Bonchev–Trinajstić information content (AvgIpc) is 3.35. The van der Waals surface area contributed by atoms with Crippen molar-refractivity contribution in [1.29, 1.82) is 0 Å². The molecule has 1 aromatic carbocycles. The van der Waals surface area contributed by atoms with Crippen LogP contribution >= 0.6 is 0 Å². The standard InChI is InChI=1S/C25H27N5O3/c1-4-20(31)29-9-7-16(8-10-29)12-30-13-18(21-22(30)25(32)28-27-24(21)26)23-15(3)17-11-14(2)5-6-19(17)33-23/h4-6,11,13,16H,1,7-10,12H2,2-3H3,(H2,26,27)(H,28,32). The Morgan fingerprint density at radius 2 is 2.09 bits per heavy atom. The van der Waals surface area contributed by atoms with E-state index in [9.17, 15) is 9.59 Å². The van der Waals surface area contributed by atoms with Crippen molar-refractivity contribution < 1.29 is 9.21 Å². The Bertz CT molecular complexity index is 1450. The normalized spacial score (nSPS) is 14.9. The molecule has 1 aliphatic rings. The number of rotatable bonds is 4. The second kappa shape index (κ2) is 7.95. The van der Waals surface area contributed by atoms with Crippen molar-refractivity contribution in [2.24, 2.45) is 5.92 Å². The molecule has 0 radical (unpaired) electrons. The lowest BCUT2D eigenvalue weighted by Crippen LogP contribution is -2.38. The maximum absolute atomic E-state index is 12.8. The van der Waals surface area contributed by atoms with Gasteiger partial charge in [-0.2, -0.15) is 5.10 Å². The summed E-state index contributed by atoms with van der Waals surface area (Å²) in [5, 5.41) is 8.19. The molecule has 0 bridgehead atoms. The predicted octanol–water partition coefficient (Wildman–Crippen LogP) is 3.76. The third-order valence-corrected chi connectivity index (χ3v) is 6.72. The number of aromatic amines is 1. The molecule has 170 valence electrons. The van der Waals surface area contributed by atoms with Crippen molar-refractivity contribution in [3.8, 4) is 11.3 Å². The van der Waals surface area contributed by atoms with Crippen LogP contribution in [0.2, 0.25) is 0 Å². The lowest BCUT2D eigenvalue weighted by molar-refractivity contribution is -0.127. The molecule has 0 atom stereocenters. The van der Waals surface area contributed by atoms with Gasteiger partial charge in [0.25, 0.3) is 5.56 Å². The molecule has 1 fully saturated rings. The van der Waals surface area contributed by atoms with Gasteiger partial charge in [0.1, 0.15) is 16.9 Å². The number of aryl methyl sites for hydroxylation is 2. The Hall–Kier alpha value is -3.81. The van der Waals surface area contributed by atoms with Crippen molar-refractivity contribution in [3.05, 3.63) is 58.5 Å². The van der Waals surface area contributed by atoms with E-state index >= 15 is 0 Å². The summed E-state index contributed by atoms with van der Waals surface area (Å²) in [6.45, 7) is 9.66. The van der Waals surface area contributed by atoms with Gasteiger partial charge >= 0.3 is 0 Å². The zero-order valence-corrected chi connectivity index (χ0v) is 18.9. The number of amides is 1. The third kappa shape index (κ3) is 3.51. The van der Waals surface area contributed by atoms with Crippen LogP contribution in [0.15, 0.2) is 46.3 Å². The monoisotopic (exact) mass is 445 g/mol. The van der Waals surface area contributed by atoms with E-state index in [0.717, 1.165) is 40.5 Å². The van der Waals surface area contributed by atoms with Crippen LogP contribution in [0.25, 0.3) is 33.2 Å². The van der Waals surface area contributed by atoms with E-state index in [-0.39, 0.29) is 17.3 Å². The van der Waals surface area contributed by atoms with Gasteiger partial charge in [-0.05, 0) is 50.8 Å². The molecular weight excluding hydrogens is 418 g/mol. The molecule has 3 N–H and O–H groups in total. The highest BCUT2D eigenvalue weighted by Crippen LogP contribution is 2.39. The summed E-state index contributed by atoms with van der Waals surface area (Å²) in [5.41, 5.74) is 10.2. The van der Waals surface area contributed by atoms with Crippen molar-refractivity contribution in [1.82, 2.24) is 19.7 Å². The van der Waals surface area contributed by atoms with Crippen molar-refractivity contribution in [2.45, 2.75) is 33.2 Å². The highest BCUT2D eigenvalue weighted by atomic mass is 16.3. The fourth-order valence-corrected chi connectivity index (χ4v) is 4.93. The van der Waals surface area contributed by atoms with Crippen LogP contribution in [-0.4, -0.2) is 38.7 Å². The van der Waals surface area contributed by atoms with Crippen molar-refractivity contribution >= 4 is 33.6 Å².